The van der Waals surface area contributed by atoms with Gasteiger partial charge in [0.05, 0.1) is 11.4 Å². The minimum Gasteiger partial charge on any atom is -0.228 e. The van der Waals surface area contributed by atoms with Crippen molar-refractivity contribution in [1.29, 1.82) is 0 Å². The van der Waals surface area contributed by atoms with Crippen LogP contribution in [0.4, 0.5) is 0 Å². The minimum atomic E-state index is 0.701. The maximum Gasteiger partial charge on any atom is 0.160 e. The van der Waals surface area contributed by atoms with Crippen LogP contribution in [0.1, 0.15) is 0 Å². The van der Waals surface area contributed by atoms with Gasteiger partial charge >= 0.3 is 0 Å². The summed E-state index contributed by atoms with van der Waals surface area (Å²) in [6.45, 7) is 0. The van der Waals surface area contributed by atoms with E-state index >= 15 is 0 Å². The van der Waals surface area contributed by atoms with Crippen molar-refractivity contribution in [3.8, 4) is 67.3 Å². The average molecular weight is 693 g/mol. The zero-order valence-corrected chi connectivity index (χ0v) is 29.6. The molecule has 0 aliphatic rings. The third-order valence-corrected chi connectivity index (χ3v) is 11.3. The van der Waals surface area contributed by atoms with E-state index < -0.39 is 0 Å². The highest BCUT2D eigenvalue weighted by Crippen LogP contribution is 2.42. The molecule has 0 radical (unpaired) electrons. The molecule has 0 bridgehead atoms. The summed E-state index contributed by atoms with van der Waals surface area (Å²) < 4.78 is 2.59. The Kier molecular flexibility index (Phi) is 7.71. The first-order valence-corrected chi connectivity index (χ1v) is 18.7. The monoisotopic (exact) mass is 692 g/mol. The van der Waals surface area contributed by atoms with Gasteiger partial charge in [0.25, 0.3) is 0 Å². The Hall–Kier alpha value is -6.68. The first kappa shape index (κ1) is 31.1. The van der Waals surface area contributed by atoms with E-state index in [4.69, 9.17) is 9.97 Å². The van der Waals surface area contributed by atoms with Crippen LogP contribution in [0.5, 0.6) is 0 Å². The highest BCUT2D eigenvalue weighted by molar-refractivity contribution is 7.26. The molecule has 0 fully saturated rings. The third kappa shape index (κ3) is 5.87. The fourth-order valence-electron chi connectivity index (χ4n) is 7.39. The van der Waals surface area contributed by atoms with E-state index in [0.717, 1.165) is 50.2 Å². The zero-order chi connectivity index (χ0) is 35.1. The molecule has 0 spiro atoms. The Morgan fingerprint density at radius 3 is 1.74 bits per heavy atom. The van der Waals surface area contributed by atoms with Crippen molar-refractivity contribution in [2.45, 2.75) is 0 Å². The van der Waals surface area contributed by atoms with Gasteiger partial charge in [0, 0.05) is 36.9 Å². The lowest BCUT2D eigenvalue weighted by atomic mass is 9.93. The molecule has 8 aromatic carbocycles. The van der Waals surface area contributed by atoms with Crippen molar-refractivity contribution in [2.24, 2.45) is 0 Å². The summed E-state index contributed by atoms with van der Waals surface area (Å²) in [5.41, 5.74) is 11.9. The Balaban J connectivity index is 1.21. The number of benzene rings is 8. The van der Waals surface area contributed by atoms with Crippen LogP contribution in [0.15, 0.2) is 194 Å². The molecule has 0 unspecified atom stereocenters. The quantitative estimate of drug-likeness (QED) is 0.173. The second-order valence-corrected chi connectivity index (χ2v) is 14.5. The topological polar surface area (TPSA) is 25.8 Å². The molecule has 0 aliphatic heterocycles. The zero-order valence-electron chi connectivity index (χ0n) is 28.8. The van der Waals surface area contributed by atoms with Gasteiger partial charge in [0.2, 0.25) is 0 Å². The van der Waals surface area contributed by atoms with Crippen molar-refractivity contribution in [2.75, 3.05) is 0 Å². The van der Waals surface area contributed by atoms with E-state index in [1.54, 1.807) is 0 Å². The van der Waals surface area contributed by atoms with E-state index in [0.29, 0.717) is 5.82 Å². The number of thiophene rings is 1. The van der Waals surface area contributed by atoms with Crippen LogP contribution in [0, 0.1) is 0 Å². The lowest BCUT2D eigenvalue weighted by molar-refractivity contribution is 1.18. The normalized spacial score (nSPS) is 11.4. The molecule has 248 valence electrons. The van der Waals surface area contributed by atoms with Gasteiger partial charge in [-0.3, -0.25) is 0 Å². The first-order valence-electron chi connectivity index (χ1n) is 17.9. The smallest absolute Gasteiger partial charge is 0.160 e. The molecule has 0 aliphatic carbocycles. The molecular formula is C50H32N2S. The highest BCUT2D eigenvalue weighted by atomic mass is 32.1. The Morgan fingerprint density at radius 1 is 0.321 bits per heavy atom. The van der Waals surface area contributed by atoms with Crippen LogP contribution in [-0.4, -0.2) is 9.97 Å². The van der Waals surface area contributed by atoms with Crippen LogP contribution < -0.4 is 0 Å². The van der Waals surface area contributed by atoms with Crippen LogP contribution in [0.3, 0.4) is 0 Å². The van der Waals surface area contributed by atoms with Crippen molar-refractivity contribution >= 4 is 42.3 Å². The van der Waals surface area contributed by atoms with E-state index in [2.05, 4.69) is 194 Å². The van der Waals surface area contributed by atoms with Gasteiger partial charge in [0.1, 0.15) is 0 Å². The summed E-state index contributed by atoms with van der Waals surface area (Å²) in [7, 11) is 0. The lowest BCUT2D eigenvalue weighted by Crippen LogP contribution is -1.97. The van der Waals surface area contributed by atoms with Gasteiger partial charge in [-0.15, -0.1) is 11.3 Å². The van der Waals surface area contributed by atoms with Crippen molar-refractivity contribution in [3.63, 3.8) is 0 Å². The molecule has 0 saturated heterocycles. The van der Waals surface area contributed by atoms with Gasteiger partial charge in [0.15, 0.2) is 5.82 Å². The number of aromatic nitrogens is 2. The average Bonchev–Trinajstić information content (AvgIpc) is 3.63. The van der Waals surface area contributed by atoms with Crippen molar-refractivity contribution in [3.05, 3.63) is 194 Å². The summed E-state index contributed by atoms with van der Waals surface area (Å²) >= 11 is 1.86. The van der Waals surface area contributed by atoms with Crippen LogP contribution >= 0.6 is 11.3 Å². The SMILES string of the molecule is c1ccc(-c2cccc(-c3cc(-c4cc(-c5ccccc5)cc(-c5cccc6c5sc5ccccc56)c4)nc(-c4ccc5ccccc5c4)n3)c2)cc1. The number of fused-ring (bicyclic) bond motifs is 4. The van der Waals surface area contributed by atoms with Gasteiger partial charge in [-0.2, -0.15) is 0 Å². The predicted molar refractivity (Wildman–Crippen MR) is 225 cm³/mol. The lowest BCUT2D eigenvalue weighted by Gasteiger charge is -2.14. The second-order valence-electron chi connectivity index (χ2n) is 13.4. The summed E-state index contributed by atoms with van der Waals surface area (Å²) in [5.74, 6) is 0.701. The molecule has 0 amide bonds. The van der Waals surface area contributed by atoms with Crippen LogP contribution in [-0.2, 0) is 0 Å². The molecule has 0 N–H and O–H groups in total. The van der Waals surface area contributed by atoms with Gasteiger partial charge < -0.3 is 0 Å². The molecule has 10 aromatic rings. The molecule has 53 heavy (non-hydrogen) atoms. The summed E-state index contributed by atoms with van der Waals surface area (Å²) in [6, 6.07) is 69.3. The molecule has 0 saturated carbocycles. The summed E-state index contributed by atoms with van der Waals surface area (Å²) in [6.07, 6.45) is 0. The molecule has 10 rings (SSSR count). The van der Waals surface area contributed by atoms with Crippen LogP contribution in [0.2, 0.25) is 0 Å². The van der Waals surface area contributed by atoms with Gasteiger partial charge in [-0.25, -0.2) is 9.97 Å². The molecule has 0 atom stereocenters. The molecule has 2 aromatic heterocycles. The standard InChI is InChI=1S/C50H32N2S/c1-3-13-33(14-4-1)37-19-11-20-38(27-37)46-32-47(52-50(51-46)39-26-25-35-17-7-8-18-36(35)28-39)42-30-40(34-15-5-2-6-16-34)29-41(31-42)43-22-12-23-45-44-21-9-10-24-48(44)53-49(43)45/h1-32H. The van der Waals surface area contributed by atoms with Gasteiger partial charge in [-0.05, 0) is 86.6 Å². The number of nitrogens with zero attached hydrogens (tertiary/aromatic N) is 2. The molecule has 3 heteroatoms. The Morgan fingerprint density at radius 2 is 0.906 bits per heavy atom. The predicted octanol–water partition coefficient (Wildman–Crippen LogP) is 14.0. The van der Waals surface area contributed by atoms with Crippen LogP contribution in [0.25, 0.3) is 98.2 Å². The van der Waals surface area contributed by atoms with E-state index in [-0.39, 0.29) is 0 Å². The number of hydrogen-bond acceptors (Lipinski definition) is 3. The fraction of sp³-hybridized carbons (Fsp3) is 0. The minimum absolute atomic E-state index is 0.701. The molecule has 2 heterocycles. The second kappa shape index (κ2) is 13.1. The fourth-order valence-corrected chi connectivity index (χ4v) is 8.63. The summed E-state index contributed by atoms with van der Waals surface area (Å²) in [5, 5.41) is 4.94. The molecule has 2 nitrogen and oxygen atoms in total. The van der Waals surface area contributed by atoms with E-state index in [1.165, 1.54) is 42.2 Å². The van der Waals surface area contributed by atoms with Crippen molar-refractivity contribution < 1.29 is 0 Å². The maximum atomic E-state index is 5.34. The van der Waals surface area contributed by atoms with E-state index in [1.807, 2.05) is 11.3 Å². The third-order valence-electron chi connectivity index (χ3n) is 10.1. The largest absolute Gasteiger partial charge is 0.228 e. The maximum absolute atomic E-state index is 5.34. The Labute approximate surface area is 312 Å². The summed E-state index contributed by atoms with van der Waals surface area (Å²) in [4.78, 5) is 10.6. The first-order chi connectivity index (χ1) is 26.2. The van der Waals surface area contributed by atoms with Crippen molar-refractivity contribution in [1.82, 2.24) is 9.97 Å². The molecular weight excluding hydrogens is 661 g/mol. The highest BCUT2D eigenvalue weighted by Gasteiger charge is 2.16. The van der Waals surface area contributed by atoms with E-state index in [9.17, 15) is 0 Å². The number of hydrogen-bond donors (Lipinski definition) is 0. The Bertz CT molecular complexity index is 2950. The number of rotatable bonds is 6. The van der Waals surface area contributed by atoms with Gasteiger partial charge in [-0.1, -0.05) is 152 Å².